The Bertz CT molecular complexity index is 888. The molecule has 162 valence electrons. The molecule has 0 unspecified atom stereocenters. The predicted octanol–water partition coefficient (Wildman–Crippen LogP) is 3.99. The summed E-state index contributed by atoms with van der Waals surface area (Å²) < 4.78 is 78.5. The molecule has 1 fully saturated rings. The molecule has 5 nitrogen and oxygen atoms in total. The summed E-state index contributed by atoms with van der Waals surface area (Å²) in [7, 11) is 0. The Kier molecular flexibility index (Phi) is 6.02. The minimum absolute atomic E-state index is 0.0279. The van der Waals surface area contributed by atoms with E-state index >= 15 is 0 Å². The third kappa shape index (κ3) is 4.89. The number of hydrogen-bond acceptors (Lipinski definition) is 4. The standard InChI is InChI=1S/C19H18F6N4O/c20-18(21,22)13-7-12(8-14(9-13)19(23,24)25)16-27-4-1-15(28-16)17(30)29-5-2-11(10-26)3-6-29/h1,4,7-9,11H,2-3,5-6,10,26H2. The lowest BCUT2D eigenvalue weighted by Gasteiger charge is -2.31. The number of amides is 1. The lowest BCUT2D eigenvalue weighted by atomic mass is 9.97. The van der Waals surface area contributed by atoms with E-state index in [1.54, 1.807) is 0 Å². The van der Waals surface area contributed by atoms with Crippen molar-refractivity contribution >= 4 is 5.91 Å². The van der Waals surface area contributed by atoms with Crippen molar-refractivity contribution in [1.82, 2.24) is 14.9 Å². The van der Waals surface area contributed by atoms with Crippen LogP contribution < -0.4 is 5.73 Å². The van der Waals surface area contributed by atoms with Crippen molar-refractivity contribution in [2.45, 2.75) is 25.2 Å². The van der Waals surface area contributed by atoms with Gasteiger partial charge in [-0.15, -0.1) is 0 Å². The van der Waals surface area contributed by atoms with Crippen LogP contribution in [0.15, 0.2) is 30.5 Å². The summed E-state index contributed by atoms with van der Waals surface area (Å²) >= 11 is 0. The van der Waals surface area contributed by atoms with Gasteiger partial charge in [-0.25, -0.2) is 9.97 Å². The highest BCUT2D eigenvalue weighted by molar-refractivity contribution is 5.92. The van der Waals surface area contributed by atoms with Crippen molar-refractivity contribution in [2.24, 2.45) is 11.7 Å². The predicted molar refractivity (Wildman–Crippen MR) is 95.2 cm³/mol. The van der Waals surface area contributed by atoms with E-state index in [9.17, 15) is 31.1 Å². The average Bonchev–Trinajstić information content (AvgIpc) is 2.72. The van der Waals surface area contributed by atoms with E-state index in [1.165, 1.54) is 11.0 Å². The fraction of sp³-hybridized carbons (Fsp3) is 0.421. The first-order valence-corrected chi connectivity index (χ1v) is 9.11. The number of nitrogens with two attached hydrogens (primary N) is 1. The number of carbonyl (C=O) groups excluding carboxylic acids is 1. The van der Waals surface area contributed by atoms with Crippen LogP contribution in [0.2, 0.25) is 0 Å². The maximum atomic E-state index is 13.1. The van der Waals surface area contributed by atoms with E-state index in [-0.39, 0.29) is 11.8 Å². The molecule has 2 heterocycles. The Morgan fingerprint density at radius 2 is 1.60 bits per heavy atom. The van der Waals surface area contributed by atoms with Gasteiger partial charge >= 0.3 is 12.4 Å². The third-order valence-electron chi connectivity index (χ3n) is 4.96. The molecule has 30 heavy (non-hydrogen) atoms. The molecule has 1 amide bonds. The number of rotatable bonds is 3. The maximum absolute atomic E-state index is 13.1. The van der Waals surface area contributed by atoms with Gasteiger partial charge in [0.15, 0.2) is 5.82 Å². The van der Waals surface area contributed by atoms with Gasteiger partial charge in [0.25, 0.3) is 5.91 Å². The number of likely N-dealkylation sites (tertiary alicyclic amines) is 1. The number of halogens is 6. The van der Waals surface area contributed by atoms with Crippen molar-refractivity contribution < 1.29 is 31.1 Å². The quantitative estimate of drug-likeness (QED) is 0.745. The van der Waals surface area contributed by atoms with Gasteiger partial charge in [-0.05, 0) is 49.6 Å². The molecule has 2 N–H and O–H groups in total. The lowest BCUT2D eigenvalue weighted by Crippen LogP contribution is -2.40. The Balaban J connectivity index is 1.95. The van der Waals surface area contributed by atoms with E-state index in [2.05, 4.69) is 9.97 Å². The number of aromatic nitrogens is 2. The number of alkyl halides is 6. The summed E-state index contributed by atoms with van der Waals surface area (Å²) in [6, 6.07) is 2.37. The smallest absolute Gasteiger partial charge is 0.337 e. The molecule has 0 saturated carbocycles. The molecule has 0 radical (unpaired) electrons. The first-order chi connectivity index (χ1) is 14.0. The van der Waals surface area contributed by atoms with E-state index in [0.717, 1.165) is 6.20 Å². The van der Waals surface area contributed by atoms with Crippen molar-refractivity contribution in [3.8, 4) is 11.4 Å². The van der Waals surface area contributed by atoms with Gasteiger partial charge in [0.1, 0.15) is 5.69 Å². The fourth-order valence-electron chi connectivity index (χ4n) is 3.23. The topological polar surface area (TPSA) is 72.1 Å². The lowest BCUT2D eigenvalue weighted by molar-refractivity contribution is -0.143. The van der Waals surface area contributed by atoms with Crippen molar-refractivity contribution in [3.05, 3.63) is 47.3 Å². The molecule has 1 aliphatic rings. The van der Waals surface area contributed by atoms with Crippen LogP contribution in [0.1, 0.15) is 34.5 Å². The highest BCUT2D eigenvalue weighted by Crippen LogP contribution is 2.38. The second-order valence-electron chi connectivity index (χ2n) is 7.03. The number of nitrogens with zero attached hydrogens (tertiary/aromatic N) is 3. The molecule has 1 aliphatic heterocycles. The van der Waals surface area contributed by atoms with Crippen molar-refractivity contribution in [3.63, 3.8) is 0 Å². The first kappa shape index (κ1) is 22.0. The molecule has 0 atom stereocenters. The van der Waals surface area contributed by atoms with Crippen molar-refractivity contribution in [1.29, 1.82) is 0 Å². The summed E-state index contributed by atoms with van der Waals surface area (Å²) in [5.74, 6) is -0.549. The second-order valence-corrected chi connectivity index (χ2v) is 7.03. The summed E-state index contributed by atoms with van der Waals surface area (Å²) in [5, 5.41) is 0. The maximum Gasteiger partial charge on any atom is 0.416 e. The number of carbonyl (C=O) groups is 1. The minimum atomic E-state index is -4.99. The van der Waals surface area contributed by atoms with Crippen LogP contribution in [0.4, 0.5) is 26.3 Å². The first-order valence-electron chi connectivity index (χ1n) is 9.11. The zero-order valence-corrected chi connectivity index (χ0v) is 15.6. The van der Waals surface area contributed by atoms with Gasteiger partial charge in [0.2, 0.25) is 0 Å². The van der Waals surface area contributed by atoms with Gasteiger partial charge in [-0.3, -0.25) is 4.79 Å². The molecular formula is C19H18F6N4O. The molecule has 0 spiro atoms. The minimum Gasteiger partial charge on any atom is -0.337 e. The van der Waals surface area contributed by atoms with Crippen LogP contribution in [-0.2, 0) is 12.4 Å². The van der Waals surface area contributed by atoms with Crippen LogP contribution in [0.25, 0.3) is 11.4 Å². The van der Waals surface area contributed by atoms with Crippen LogP contribution in [0.5, 0.6) is 0 Å². The molecule has 1 saturated heterocycles. The summed E-state index contributed by atoms with van der Waals surface area (Å²) in [4.78, 5) is 21.9. The molecule has 0 bridgehead atoms. The Morgan fingerprint density at radius 3 is 2.10 bits per heavy atom. The zero-order valence-electron chi connectivity index (χ0n) is 15.6. The largest absolute Gasteiger partial charge is 0.416 e. The molecule has 1 aromatic carbocycles. The van der Waals surface area contributed by atoms with Gasteiger partial charge in [0.05, 0.1) is 11.1 Å². The number of hydrogen-bond donors (Lipinski definition) is 1. The van der Waals surface area contributed by atoms with Gasteiger partial charge in [-0.2, -0.15) is 26.3 Å². The van der Waals surface area contributed by atoms with Crippen molar-refractivity contribution in [2.75, 3.05) is 19.6 Å². The fourth-order valence-corrected chi connectivity index (χ4v) is 3.23. The summed E-state index contributed by atoms with van der Waals surface area (Å²) in [6.45, 7) is 1.40. The van der Waals surface area contributed by atoms with Gasteiger partial charge in [-0.1, -0.05) is 0 Å². The third-order valence-corrected chi connectivity index (χ3v) is 4.96. The molecule has 1 aromatic heterocycles. The normalized spacial score (nSPS) is 16.0. The van der Waals surface area contributed by atoms with E-state index in [0.29, 0.717) is 50.5 Å². The SMILES string of the molecule is NCC1CCN(C(=O)c2ccnc(-c3cc(C(F)(F)F)cc(C(F)(F)F)c3)n2)CC1. The van der Waals surface area contributed by atoms with Crippen LogP contribution >= 0.6 is 0 Å². The number of piperidine rings is 1. The highest BCUT2D eigenvalue weighted by atomic mass is 19.4. The average molecular weight is 432 g/mol. The van der Waals surface area contributed by atoms with E-state index in [4.69, 9.17) is 5.73 Å². The molecule has 3 rings (SSSR count). The van der Waals surface area contributed by atoms with Crippen LogP contribution in [0.3, 0.4) is 0 Å². The highest BCUT2D eigenvalue weighted by Gasteiger charge is 2.37. The second kappa shape index (κ2) is 8.21. The Morgan fingerprint density at radius 1 is 1.03 bits per heavy atom. The molecular weight excluding hydrogens is 414 g/mol. The summed E-state index contributed by atoms with van der Waals surface area (Å²) in [6.07, 6.45) is -7.42. The van der Waals surface area contributed by atoms with E-state index < -0.39 is 40.8 Å². The Hall–Kier alpha value is -2.69. The zero-order chi connectivity index (χ0) is 22.1. The molecule has 0 aliphatic carbocycles. The summed E-state index contributed by atoms with van der Waals surface area (Å²) in [5.41, 5.74) is 2.09. The van der Waals surface area contributed by atoms with E-state index in [1.807, 2.05) is 0 Å². The Labute approximate surface area is 167 Å². The molecule has 11 heteroatoms. The number of benzene rings is 1. The monoisotopic (exact) mass is 432 g/mol. The van der Waals surface area contributed by atoms with Crippen LogP contribution in [-0.4, -0.2) is 40.4 Å². The molecule has 2 aromatic rings. The van der Waals surface area contributed by atoms with Gasteiger partial charge in [0, 0.05) is 24.8 Å². The van der Waals surface area contributed by atoms with Gasteiger partial charge < -0.3 is 10.6 Å². The van der Waals surface area contributed by atoms with Crippen LogP contribution in [0, 0.1) is 5.92 Å².